The Hall–Kier alpha value is -1.88. The molecule has 5 heteroatoms. The van der Waals surface area contributed by atoms with E-state index in [0.29, 0.717) is 18.9 Å². The Morgan fingerprint density at radius 2 is 1.96 bits per heavy atom. The molecule has 2 aliphatic heterocycles. The van der Waals surface area contributed by atoms with Crippen LogP contribution in [0, 0.1) is 11.3 Å². The van der Waals surface area contributed by atoms with Gasteiger partial charge < -0.3 is 14.5 Å². The molecule has 1 atom stereocenters. The van der Waals surface area contributed by atoms with Crippen molar-refractivity contribution in [1.82, 2.24) is 9.80 Å². The summed E-state index contributed by atoms with van der Waals surface area (Å²) in [5.41, 5.74) is 1.18. The van der Waals surface area contributed by atoms with Gasteiger partial charge in [0.25, 0.3) is 0 Å². The number of ether oxygens (including phenoxy) is 1. The van der Waals surface area contributed by atoms with Crippen molar-refractivity contribution in [1.29, 1.82) is 0 Å². The van der Waals surface area contributed by atoms with Crippen molar-refractivity contribution in [2.45, 2.75) is 45.1 Å². The lowest BCUT2D eigenvalue weighted by Crippen LogP contribution is -2.55. The molecule has 1 spiro atoms. The summed E-state index contributed by atoms with van der Waals surface area (Å²) in [5.74, 6) is 1.11. The van der Waals surface area contributed by atoms with E-state index in [2.05, 4.69) is 4.90 Å². The van der Waals surface area contributed by atoms with Gasteiger partial charge in [-0.05, 0) is 43.6 Å². The number of nitrogens with zero attached hydrogens (tertiary/aromatic N) is 2. The van der Waals surface area contributed by atoms with Gasteiger partial charge in [0.2, 0.25) is 11.8 Å². The lowest BCUT2D eigenvalue weighted by molar-refractivity contribution is -0.145. The van der Waals surface area contributed by atoms with Crippen LogP contribution in [0.2, 0.25) is 0 Å². The predicted molar refractivity (Wildman–Crippen MR) is 103 cm³/mol. The van der Waals surface area contributed by atoms with Crippen LogP contribution >= 0.6 is 0 Å². The van der Waals surface area contributed by atoms with Crippen LogP contribution in [0.4, 0.5) is 0 Å². The minimum Gasteiger partial charge on any atom is -0.367 e. The summed E-state index contributed by atoms with van der Waals surface area (Å²) in [6.45, 7) is 3.94. The highest BCUT2D eigenvalue weighted by Gasteiger charge is 2.43. The highest BCUT2D eigenvalue weighted by molar-refractivity contribution is 5.78. The summed E-state index contributed by atoms with van der Waals surface area (Å²) in [4.78, 5) is 29.0. The Morgan fingerprint density at radius 3 is 2.74 bits per heavy atom. The number of amides is 2. The third-order valence-electron chi connectivity index (χ3n) is 6.27. The molecule has 3 aliphatic rings. The van der Waals surface area contributed by atoms with E-state index in [0.717, 1.165) is 56.9 Å². The molecule has 1 aromatic carbocycles. The monoisotopic (exact) mass is 370 g/mol. The number of rotatable bonds is 6. The molecule has 1 aromatic rings. The van der Waals surface area contributed by atoms with Crippen LogP contribution < -0.4 is 0 Å². The summed E-state index contributed by atoms with van der Waals surface area (Å²) >= 11 is 0. The second-order valence-electron chi connectivity index (χ2n) is 8.61. The van der Waals surface area contributed by atoms with Crippen molar-refractivity contribution < 1.29 is 14.3 Å². The zero-order valence-electron chi connectivity index (χ0n) is 16.1. The largest absolute Gasteiger partial charge is 0.367 e. The molecule has 2 amide bonds. The van der Waals surface area contributed by atoms with Gasteiger partial charge in [-0.3, -0.25) is 9.59 Å². The van der Waals surface area contributed by atoms with Crippen LogP contribution in [0.3, 0.4) is 0 Å². The average molecular weight is 370 g/mol. The molecule has 5 nitrogen and oxygen atoms in total. The van der Waals surface area contributed by atoms with Gasteiger partial charge in [-0.25, -0.2) is 0 Å². The van der Waals surface area contributed by atoms with E-state index in [4.69, 9.17) is 4.74 Å². The molecule has 0 radical (unpaired) electrons. The molecule has 146 valence electrons. The first kappa shape index (κ1) is 18.5. The summed E-state index contributed by atoms with van der Waals surface area (Å²) < 4.78 is 5.65. The number of carbonyl (C=O) groups is 2. The van der Waals surface area contributed by atoms with Gasteiger partial charge in [0, 0.05) is 38.0 Å². The fourth-order valence-electron chi connectivity index (χ4n) is 4.56. The Labute approximate surface area is 161 Å². The van der Waals surface area contributed by atoms with Gasteiger partial charge in [-0.2, -0.15) is 0 Å². The number of hydrogen-bond donors (Lipinski definition) is 0. The Morgan fingerprint density at radius 1 is 1.15 bits per heavy atom. The van der Waals surface area contributed by atoms with Crippen LogP contribution in [0.15, 0.2) is 30.3 Å². The molecule has 3 fully saturated rings. The molecule has 2 heterocycles. The Balaban J connectivity index is 1.30. The molecule has 1 saturated carbocycles. The number of carbonyl (C=O) groups excluding carboxylic acids is 2. The quantitative estimate of drug-likeness (QED) is 0.774. The number of likely N-dealkylation sites (tertiary alicyclic amines) is 2. The highest BCUT2D eigenvalue weighted by atomic mass is 16.5. The maximum Gasteiger partial charge on any atom is 0.248 e. The van der Waals surface area contributed by atoms with E-state index >= 15 is 0 Å². The smallest absolute Gasteiger partial charge is 0.248 e. The molecule has 1 aliphatic carbocycles. The van der Waals surface area contributed by atoms with E-state index in [1.165, 1.54) is 12.8 Å². The fraction of sp³-hybridized carbons (Fsp3) is 0.636. The van der Waals surface area contributed by atoms with E-state index in [9.17, 15) is 9.59 Å². The third-order valence-corrected chi connectivity index (χ3v) is 6.27. The fourth-order valence-corrected chi connectivity index (χ4v) is 4.56. The Bertz CT molecular complexity index is 673. The third kappa shape index (κ3) is 4.70. The maximum atomic E-state index is 12.7. The van der Waals surface area contributed by atoms with E-state index < -0.39 is 0 Å². The second-order valence-corrected chi connectivity index (χ2v) is 8.61. The average Bonchev–Trinajstić information content (AvgIpc) is 3.50. The Kier molecular flexibility index (Phi) is 5.48. The first-order valence-corrected chi connectivity index (χ1v) is 10.3. The molecule has 0 unspecified atom stereocenters. The predicted octanol–water partition coefficient (Wildman–Crippen LogP) is 2.84. The van der Waals surface area contributed by atoms with Gasteiger partial charge >= 0.3 is 0 Å². The first-order valence-electron chi connectivity index (χ1n) is 10.3. The summed E-state index contributed by atoms with van der Waals surface area (Å²) in [5, 5.41) is 0. The van der Waals surface area contributed by atoms with Crippen LogP contribution in [0.5, 0.6) is 0 Å². The number of piperidine rings is 2. The molecule has 2 saturated heterocycles. The SMILES string of the molecule is O=C(COCc1ccccc1)N1CCC[C@]2(CCC(=O)N(CC3CC3)C2)C1. The highest BCUT2D eigenvalue weighted by Crippen LogP contribution is 2.40. The molecule has 0 aromatic heterocycles. The lowest BCUT2D eigenvalue weighted by atomic mass is 9.73. The van der Waals surface area contributed by atoms with E-state index in [1.807, 2.05) is 35.2 Å². The van der Waals surface area contributed by atoms with Gasteiger partial charge in [-0.1, -0.05) is 30.3 Å². The summed E-state index contributed by atoms with van der Waals surface area (Å²) in [6, 6.07) is 9.95. The standard InChI is InChI=1S/C22H30N2O3/c25-20-9-11-22(17-24(20)13-18-7-8-18)10-4-12-23(16-22)21(26)15-27-14-19-5-2-1-3-6-19/h1-3,5-6,18H,4,7-17H2/t22-/m0/s1. The first-order chi connectivity index (χ1) is 13.1. The molecule has 0 N–H and O–H groups in total. The topological polar surface area (TPSA) is 49.9 Å². The number of hydrogen-bond acceptors (Lipinski definition) is 3. The zero-order chi connectivity index (χ0) is 18.7. The van der Waals surface area contributed by atoms with Gasteiger partial charge in [0.15, 0.2) is 0 Å². The summed E-state index contributed by atoms with van der Waals surface area (Å²) in [6.07, 6.45) is 6.23. The molecular weight excluding hydrogens is 340 g/mol. The van der Waals surface area contributed by atoms with Crippen LogP contribution in [0.25, 0.3) is 0 Å². The molecule has 0 bridgehead atoms. The lowest BCUT2D eigenvalue weighted by Gasteiger charge is -2.48. The minimum absolute atomic E-state index is 0.0793. The van der Waals surface area contributed by atoms with E-state index in [1.54, 1.807) is 0 Å². The van der Waals surface area contributed by atoms with Crippen LogP contribution in [0.1, 0.15) is 44.1 Å². The van der Waals surface area contributed by atoms with Crippen molar-refractivity contribution in [3.05, 3.63) is 35.9 Å². The van der Waals surface area contributed by atoms with Gasteiger partial charge in [-0.15, -0.1) is 0 Å². The van der Waals surface area contributed by atoms with Crippen molar-refractivity contribution in [3.8, 4) is 0 Å². The van der Waals surface area contributed by atoms with Crippen LogP contribution in [-0.2, 0) is 20.9 Å². The van der Waals surface area contributed by atoms with Crippen LogP contribution in [-0.4, -0.2) is 54.4 Å². The van der Waals surface area contributed by atoms with Crippen molar-refractivity contribution in [2.75, 3.05) is 32.8 Å². The van der Waals surface area contributed by atoms with Gasteiger partial charge in [0.1, 0.15) is 6.61 Å². The normalized spacial score (nSPS) is 25.9. The van der Waals surface area contributed by atoms with Crippen molar-refractivity contribution in [3.63, 3.8) is 0 Å². The molecule has 4 rings (SSSR count). The second kappa shape index (κ2) is 8.01. The summed E-state index contributed by atoms with van der Waals surface area (Å²) in [7, 11) is 0. The van der Waals surface area contributed by atoms with Crippen molar-refractivity contribution in [2.24, 2.45) is 11.3 Å². The minimum atomic E-state index is 0.0793. The molecular formula is C22H30N2O3. The zero-order valence-corrected chi connectivity index (χ0v) is 16.1. The van der Waals surface area contributed by atoms with Gasteiger partial charge in [0.05, 0.1) is 6.61 Å². The number of benzene rings is 1. The van der Waals surface area contributed by atoms with Crippen molar-refractivity contribution >= 4 is 11.8 Å². The molecule has 27 heavy (non-hydrogen) atoms. The maximum absolute atomic E-state index is 12.7. The van der Waals surface area contributed by atoms with E-state index in [-0.39, 0.29) is 17.9 Å².